The Bertz CT molecular complexity index is 482. The van der Waals surface area contributed by atoms with Gasteiger partial charge in [-0.1, -0.05) is 6.92 Å². The maximum absolute atomic E-state index is 11.9. The third-order valence-electron chi connectivity index (χ3n) is 2.99. The summed E-state index contributed by atoms with van der Waals surface area (Å²) in [6.07, 6.45) is 1.60. The quantitative estimate of drug-likeness (QED) is 0.782. The molecule has 1 amide bonds. The fourth-order valence-corrected chi connectivity index (χ4v) is 1.46. The van der Waals surface area contributed by atoms with Crippen LogP contribution < -0.4 is 16.6 Å². The van der Waals surface area contributed by atoms with Gasteiger partial charge in [-0.15, -0.1) is 0 Å². The monoisotopic (exact) mass is 267 g/mol. The van der Waals surface area contributed by atoms with Crippen molar-refractivity contribution in [1.82, 2.24) is 4.57 Å². The van der Waals surface area contributed by atoms with Gasteiger partial charge in [0.2, 0.25) is 5.91 Å². The van der Waals surface area contributed by atoms with E-state index < -0.39 is 0 Å². The van der Waals surface area contributed by atoms with E-state index >= 15 is 0 Å². The van der Waals surface area contributed by atoms with E-state index in [-0.39, 0.29) is 23.4 Å². The highest BCUT2D eigenvalue weighted by molar-refractivity contribution is 5.92. The number of amides is 1. The van der Waals surface area contributed by atoms with E-state index in [2.05, 4.69) is 5.32 Å². The fourth-order valence-electron chi connectivity index (χ4n) is 1.46. The molecular formula is C13H21N3O3. The molecule has 0 aliphatic carbocycles. The van der Waals surface area contributed by atoms with Crippen LogP contribution in [0.5, 0.6) is 0 Å². The lowest BCUT2D eigenvalue weighted by atomic mass is 10.0. The van der Waals surface area contributed by atoms with Crippen molar-refractivity contribution in [2.45, 2.75) is 26.4 Å². The minimum atomic E-state index is -0.292. The molecule has 6 heteroatoms. The molecule has 1 rings (SSSR count). The number of rotatable bonds is 6. The molecule has 0 spiro atoms. The molecular weight excluding hydrogens is 246 g/mol. The van der Waals surface area contributed by atoms with Crippen molar-refractivity contribution in [1.29, 1.82) is 0 Å². The second-order valence-electron chi connectivity index (χ2n) is 4.58. The summed E-state index contributed by atoms with van der Waals surface area (Å²) in [5, 5.41) is 2.75. The molecule has 1 aromatic rings. The summed E-state index contributed by atoms with van der Waals surface area (Å²) >= 11 is 0. The van der Waals surface area contributed by atoms with Gasteiger partial charge in [0.1, 0.15) is 0 Å². The Hall–Kier alpha value is -1.66. The second kappa shape index (κ2) is 7.06. The van der Waals surface area contributed by atoms with Gasteiger partial charge in [-0.2, -0.15) is 0 Å². The van der Waals surface area contributed by atoms with Crippen LogP contribution in [0.2, 0.25) is 0 Å². The molecule has 0 aliphatic heterocycles. The molecule has 0 aliphatic rings. The Morgan fingerprint density at radius 1 is 1.47 bits per heavy atom. The molecule has 1 aromatic heterocycles. The number of aromatic nitrogens is 1. The predicted octanol–water partition coefficient (Wildman–Crippen LogP) is 0.416. The predicted molar refractivity (Wildman–Crippen MR) is 74.0 cm³/mol. The SMILES string of the molecule is COCCn1cc(NC(=O)C(C)C(C)N)ccc1=O. The number of methoxy groups -OCH3 is 1. The lowest BCUT2D eigenvalue weighted by Crippen LogP contribution is -2.34. The number of anilines is 1. The van der Waals surface area contributed by atoms with Crippen LogP contribution in [0.25, 0.3) is 0 Å². The summed E-state index contributed by atoms with van der Waals surface area (Å²) in [5.74, 6) is -0.453. The van der Waals surface area contributed by atoms with Gasteiger partial charge in [-0.05, 0) is 13.0 Å². The number of nitrogens with two attached hydrogens (primary N) is 1. The van der Waals surface area contributed by atoms with Gasteiger partial charge in [0.05, 0.1) is 18.2 Å². The molecule has 0 saturated heterocycles. The number of pyridine rings is 1. The zero-order valence-corrected chi connectivity index (χ0v) is 11.6. The van der Waals surface area contributed by atoms with Crippen LogP contribution in [-0.2, 0) is 16.1 Å². The minimum Gasteiger partial charge on any atom is -0.383 e. The van der Waals surface area contributed by atoms with E-state index in [0.29, 0.717) is 18.8 Å². The first-order chi connectivity index (χ1) is 8.95. The van der Waals surface area contributed by atoms with E-state index in [1.165, 1.54) is 10.6 Å². The van der Waals surface area contributed by atoms with E-state index in [4.69, 9.17) is 10.5 Å². The highest BCUT2D eigenvalue weighted by atomic mass is 16.5. The number of hydrogen-bond acceptors (Lipinski definition) is 4. The first-order valence-corrected chi connectivity index (χ1v) is 6.21. The zero-order chi connectivity index (χ0) is 14.4. The lowest BCUT2D eigenvalue weighted by Gasteiger charge is -2.16. The normalized spacial score (nSPS) is 13.9. The molecule has 2 unspecified atom stereocenters. The van der Waals surface area contributed by atoms with Crippen LogP contribution in [0, 0.1) is 5.92 Å². The standard InChI is InChI=1S/C13H21N3O3/c1-9(10(2)14)13(18)15-11-4-5-12(17)16(8-11)6-7-19-3/h4-5,8-10H,6-7,14H2,1-3H3,(H,15,18). The van der Waals surface area contributed by atoms with Crippen LogP contribution in [-0.4, -0.2) is 30.2 Å². The molecule has 19 heavy (non-hydrogen) atoms. The van der Waals surface area contributed by atoms with Gasteiger partial charge in [-0.3, -0.25) is 9.59 Å². The Morgan fingerprint density at radius 3 is 2.74 bits per heavy atom. The number of ether oxygens (including phenoxy) is 1. The van der Waals surface area contributed by atoms with Gasteiger partial charge in [0, 0.05) is 32.0 Å². The summed E-state index contributed by atoms with van der Waals surface area (Å²) in [6.45, 7) is 4.43. The number of hydrogen-bond donors (Lipinski definition) is 2. The average molecular weight is 267 g/mol. The van der Waals surface area contributed by atoms with Gasteiger partial charge < -0.3 is 20.4 Å². The van der Waals surface area contributed by atoms with Gasteiger partial charge in [-0.25, -0.2) is 0 Å². The summed E-state index contributed by atoms with van der Waals surface area (Å²) in [7, 11) is 1.57. The fraction of sp³-hybridized carbons (Fsp3) is 0.538. The molecule has 6 nitrogen and oxygen atoms in total. The molecule has 106 valence electrons. The summed E-state index contributed by atoms with van der Waals surface area (Å²) in [5.41, 5.74) is 6.13. The van der Waals surface area contributed by atoms with Gasteiger partial charge in [0.15, 0.2) is 0 Å². The minimum absolute atomic E-state index is 0.129. The Labute approximate surface area is 112 Å². The molecule has 0 saturated carbocycles. The zero-order valence-electron chi connectivity index (χ0n) is 11.6. The maximum Gasteiger partial charge on any atom is 0.250 e. The molecule has 3 N–H and O–H groups in total. The number of nitrogens with one attached hydrogen (secondary N) is 1. The molecule has 0 aromatic carbocycles. The summed E-state index contributed by atoms with van der Waals surface area (Å²) in [6, 6.07) is 2.78. The van der Waals surface area contributed by atoms with Crippen LogP contribution in [0.3, 0.4) is 0 Å². The number of nitrogens with zero attached hydrogens (tertiary/aromatic N) is 1. The molecule has 0 radical (unpaired) electrons. The van der Waals surface area contributed by atoms with Crippen molar-refractivity contribution >= 4 is 11.6 Å². The summed E-state index contributed by atoms with van der Waals surface area (Å²) in [4.78, 5) is 23.4. The van der Waals surface area contributed by atoms with Crippen molar-refractivity contribution in [3.05, 3.63) is 28.7 Å². The van der Waals surface area contributed by atoms with Crippen molar-refractivity contribution in [2.75, 3.05) is 19.0 Å². The van der Waals surface area contributed by atoms with Crippen LogP contribution in [0.15, 0.2) is 23.1 Å². The summed E-state index contributed by atoms with van der Waals surface area (Å²) < 4.78 is 6.42. The van der Waals surface area contributed by atoms with E-state index in [1.54, 1.807) is 33.2 Å². The van der Waals surface area contributed by atoms with Crippen LogP contribution in [0.1, 0.15) is 13.8 Å². The number of carbonyl (C=O) groups is 1. The first-order valence-electron chi connectivity index (χ1n) is 6.21. The maximum atomic E-state index is 11.9. The number of carbonyl (C=O) groups excluding carboxylic acids is 1. The second-order valence-corrected chi connectivity index (χ2v) is 4.58. The van der Waals surface area contributed by atoms with E-state index in [9.17, 15) is 9.59 Å². The van der Waals surface area contributed by atoms with Crippen molar-refractivity contribution in [2.24, 2.45) is 11.7 Å². The molecule has 1 heterocycles. The molecule has 2 atom stereocenters. The van der Waals surface area contributed by atoms with Crippen molar-refractivity contribution < 1.29 is 9.53 Å². The van der Waals surface area contributed by atoms with Crippen molar-refractivity contribution in [3.8, 4) is 0 Å². The molecule has 0 fully saturated rings. The largest absolute Gasteiger partial charge is 0.383 e. The smallest absolute Gasteiger partial charge is 0.250 e. The lowest BCUT2D eigenvalue weighted by molar-refractivity contribution is -0.119. The third-order valence-corrected chi connectivity index (χ3v) is 2.99. The Morgan fingerprint density at radius 2 is 2.16 bits per heavy atom. The Kier molecular flexibility index (Phi) is 5.72. The van der Waals surface area contributed by atoms with E-state index in [0.717, 1.165) is 0 Å². The third kappa shape index (κ3) is 4.50. The van der Waals surface area contributed by atoms with Gasteiger partial charge in [0.25, 0.3) is 5.56 Å². The first kappa shape index (κ1) is 15.4. The Balaban J connectivity index is 2.79. The molecule has 0 bridgehead atoms. The van der Waals surface area contributed by atoms with E-state index in [1.807, 2.05) is 0 Å². The average Bonchev–Trinajstić information content (AvgIpc) is 2.38. The topological polar surface area (TPSA) is 86.3 Å². The highest BCUT2D eigenvalue weighted by Gasteiger charge is 2.17. The van der Waals surface area contributed by atoms with Crippen LogP contribution in [0.4, 0.5) is 5.69 Å². The van der Waals surface area contributed by atoms with Gasteiger partial charge >= 0.3 is 0 Å². The highest BCUT2D eigenvalue weighted by Crippen LogP contribution is 2.08. The van der Waals surface area contributed by atoms with Crippen molar-refractivity contribution in [3.63, 3.8) is 0 Å². The van der Waals surface area contributed by atoms with Crippen LogP contribution >= 0.6 is 0 Å².